The van der Waals surface area contributed by atoms with Gasteiger partial charge in [0, 0.05) is 37.3 Å². The van der Waals surface area contributed by atoms with E-state index in [0.29, 0.717) is 11.1 Å². The molecule has 30 heavy (non-hydrogen) atoms. The average Bonchev–Trinajstić information content (AvgIpc) is 3.22. The molecule has 1 heterocycles. The lowest BCUT2D eigenvalue weighted by Gasteiger charge is -2.15. The minimum Gasteiger partial charge on any atom is -0.352 e. The molecule has 0 aromatic heterocycles. The van der Waals surface area contributed by atoms with Crippen LogP contribution in [0.25, 0.3) is 0 Å². The Bertz CT molecular complexity index is 1030. The van der Waals surface area contributed by atoms with Gasteiger partial charge in [-0.3, -0.25) is 14.3 Å². The summed E-state index contributed by atoms with van der Waals surface area (Å²) < 4.78 is 40.7. The number of halogens is 1. The first-order valence-corrected chi connectivity index (χ1v) is 11.2. The fraction of sp³-hybridized carbons (Fsp3) is 0.333. The molecule has 0 bridgehead atoms. The van der Waals surface area contributed by atoms with Crippen molar-refractivity contribution in [3.63, 3.8) is 0 Å². The maximum Gasteiger partial charge on any atom is 0.262 e. The van der Waals surface area contributed by atoms with E-state index in [-0.39, 0.29) is 35.4 Å². The van der Waals surface area contributed by atoms with Gasteiger partial charge in [0.05, 0.1) is 4.90 Å². The van der Waals surface area contributed by atoms with E-state index in [1.54, 1.807) is 4.90 Å². The highest BCUT2D eigenvalue weighted by Crippen LogP contribution is 2.20. The van der Waals surface area contributed by atoms with Crippen LogP contribution in [0.3, 0.4) is 0 Å². The number of hydrogen-bond acceptors (Lipinski definition) is 4. The van der Waals surface area contributed by atoms with Gasteiger partial charge >= 0.3 is 0 Å². The van der Waals surface area contributed by atoms with Crippen LogP contribution >= 0.6 is 0 Å². The van der Waals surface area contributed by atoms with E-state index in [2.05, 4.69) is 10.0 Å². The molecule has 1 fully saturated rings. The summed E-state index contributed by atoms with van der Waals surface area (Å²) in [4.78, 5) is 26.0. The Morgan fingerprint density at radius 2 is 1.73 bits per heavy atom. The molecule has 3 rings (SSSR count). The van der Waals surface area contributed by atoms with Crippen molar-refractivity contribution in [3.8, 4) is 0 Å². The Morgan fingerprint density at radius 1 is 1.07 bits per heavy atom. The molecule has 1 aliphatic heterocycles. The van der Waals surface area contributed by atoms with E-state index in [1.807, 2.05) is 0 Å². The van der Waals surface area contributed by atoms with Crippen molar-refractivity contribution in [3.05, 3.63) is 59.4 Å². The third-order valence-corrected chi connectivity index (χ3v) is 6.45. The second-order valence-corrected chi connectivity index (χ2v) is 8.84. The van der Waals surface area contributed by atoms with Crippen LogP contribution in [0.1, 0.15) is 35.2 Å². The van der Waals surface area contributed by atoms with Gasteiger partial charge in [0.25, 0.3) is 15.9 Å². The van der Waals surface area contributed by atoms with E-state index >= 15 is 0 Å². The van der Waals surface area contributed by atoms with Crippen LogP contribution in [-0.4, -0.2) is 44.8 Å². The highest BCUT2D eigenvalue weighted by Gasteiger charge is 2.19. The zero-order valence-electron chi connectivity index (χ0n) is 16.7. The molecule has 1 aliphatic rings. The number of sulfonamides is 1. The molecular formula is C21H24FN3O4S. The van der Waals surface area contributed by atoms with Crippen molar-refractivity contribution in [1.29, 1.82) is 0 Å². The molecule has 2 N–H and O–H groups in total. The molecule has 0 aliphatic carbocycles. The first kappa shape index (κ1) is 21.8. The molecule has 9 heteroatoms. The van der Waals surface area contributed by atoms with Gasteiger partial charge in [-0.1, -0.05) is 0 Å². The monoisotopic (exact) mass is 433 g/mol. The van der Waals surface area contributed by atoms with E-state index in [9.17, 15) is 22.4 Å². The fourth-order valence-corrected chi connectivity index (χ4v) is 4.61. The maximum absolute atomic E-state index is 13.2. The van der Waals surface area contributed by atoms with Crippen LogP contribution < -0.4 is 10.0 Å². The van der Waals surface area contributed by atoms with Crippen molar-refractivity contribution in [2.45, 2.75) is 31.1 Å². The smallest absolute Gasteiger partial charge is 0.262 e. The van der Waals surface area contributed by atoms with Crippen LogP contribution in [0.15, 0.2) is 47.4 Å². The molecule has 7 nitrogen and oxygen atoms in total. The second-order valence-electron chi connectivity index (χ2n) is 7.19. The fourth-order valence-electron chi connectivity index (χ4n) is 3.32. The predicted octanol–water partition coefficient (Wildman–Crippen LogP) is 2.68. The topological polar surface area (TPSA) is 95.6 Å². The van der Waals surface area contributed by atoms with Crippen LogP contribution in [-0.2, 0) is 14.8 Å². The zero-order valence-corrected chi connectivity index (χ0v) is 17.5. The van der Waals surface area contributed by atoms with Gasteiger partial charge < -0.3 is 10.2 Å². The first-order chi connectivity index (χ1) is 14.3. The van der Waals surface area contributed by atoms with Gasteiger partial charge in [0.2, 0.25) is 5.91 Å². The highest BCUT2D eigenvalue weighted by molar-refractivity contribution is 7.92. The summed E-state index contributed by atoms with van der Waals surface area (Å²) in [5.41, 5.74) is 0.922. The average molecular weight is 434 g/mol. The molecule has 2 aromatic carbocycles. The third-order valence-electron chi connectivity index (χ3n) is 4.91. The maximum atomic E-state index is 13.2. The largest absolute Gasteiger partial charge is 0.352 e. The SMILES string of the molecule is Cc1cc(F)ccc1S(=O)(=O)Nc1ccc(C(=O)NCCC(=O)N2CCCC2)cc1. The van der Waals surface area contributed by atoms with Crippen LogP contribution in [0, 0.1) is 12.7 Å². The summed E-state index contributed by atoms with van der Waals surface area (Å²) in [6.07, 6.45) is 2.30. The van der Waals surface area contributed by atoms with Crippen LogP contribution in [0.5, 0.6) is 0 Å². The van der Waals surface area contributed by atoms with Gasteiger partial charge in [-0.05, 0) is 67.8 Å². The Kier molecular flexibility index (Phi) is 6.71. The number of hydrogen-bond donors (Lipinski definition) is 2. The van der Waals surface area contributed by atoms with Crippen molar-refractivity contribution in [2.75, 3.05) is 24.4 Å². The van der Waals surface area contributed by atoms with Crippen LogP contribution in [0.2, 0.25) is 0 Å². The number of aryl methyl sites for hydroxylation is 1. The minimum atomic E-state index is -3.89. The number of amides is 2. The van der Waals surface area contributed by atoms with Crippen molar-refractivity contribution in [2.24, 2.45) is 0 Å². The molecule has 160 valence electrons. The van der Waals surface area contributed by atoms with Crippen molar-refractivity contribution >= 4 is 27.5 Å². The van der Waals surface area contributed by atoms with E-state index in [0.717, 1.165) is 38.1 Å². The van der Waals surface area contributed by atoms with Gasteiger partial charge in [-0.2, -0.15) is 0 Å². The molecule has 0 saturated carbocycles. The third kappa shape index (κ3) is 5.35. The first-order valence-electron chi connectivity index (χ1n) is 9.71. The van der Waals surface area contributed by atoms with Gasteiger partial charge in [0.15, 0.2) is 0 Å². The second kappa shape index (κ2) is 9.25. The number of anilines is 1. The number of rotatable bonds is 7. The molecule has 2 amide bonds. The number of carbonyl (C=O) groups is 2. The number of nitrogens with zero attached hydrogens (tertiary/aromatic N) is 1. The lowest BCUT2D eigenvalue weighted by molar-refractivity contribution is -0.129. The van der Waals surface area contributed by atoms with Gasteiger partial charge in [-0.25, -0.2) is 12.8 Å². The standard InChI is InChI=1S/C21H24FN3O4S/c1-15-14-17(22)6-9-19(15)30(28,29)24-18-7-4-16(5-8-18)21(27)23-11-10-20(26)25-12-2-3-13-25/h4-9,14,24H,2-3,10-13H2,1H3,(H,23,27). The van der Waals surface area contributed by atoms with Crippen LogP contribution in [0.4, 0.5) is 10.1 Å². The Morgan fingerprint density at radius 3 is 2.37 bits per heavy atom. The molecule has 1 saturated heterocycles. The summed E-state index contributed by atoms with van der Waals surface area (Å²) in [7, 11) is -3.89. The summed E-state index contributed by atoms with van der Waals surface area (Å²) >= 11 is 0. The van der Waals surface area contributed by atoms with Gasteiger partial charge in [-0.15, -0.1) is 0 Å². The Hall–Kier alpha value is -2.94. The highest BCUT2D eigenvalue weighted by atomic mass is 32.2. The summed E-state index contributed by atoms with van der Waals surface area (Å²) in [6.45, 7) is 3.31. The number of carbonyl (C=O) groups excluding carboxylic acids is 2. The molecule has 0 atom stereocenters. The molecule has 0 unspecified atom stereocenters. The number of benzene rings is 2. The number of likely N-dealkylation sites (tertiary alicyclic amines) is 1. The minimum absolute atomic E-state index is 0.0200. The summed E-state index contributed by atoms with van der Waals surface area (Å²) in [6, 6.07) is 9.37. The Labute approximate surface area is 175 Å². The summed E-state index contributed by atoms with van der Waals surface area (Å²) in [5, 5.41) is 2.70. The quantitative estimate of drug-likeness (QED) is 0.702. The zero-order chi connectivity index (χ0) is 21.7. The van der Waals surface area contributed by atoms with Crippen molar-refractivity contribution in [1.82, 2.24) is 10.2 Å². The van der Waals surface area contributed by atoms with E-state index in [4.69, 9.17) is 0 Å². The van der Waals surface area contributed by atoms with E-state index in [1.165, 1.54) is 37.3 Å². The molecule has 2 aromatic rings. The Balaban J connectivity index is 1.56. The lowest BCUT2D eigenvalue weighted by Crippen LogP contribution is -2.32. The summed E-state index contributed by atoms with van der Waals surface area (Å²) in [5.74, 6) is -0.814. The van der Waals surface area contributed by atoms with Gasteiger partial charge in [0.1, 0.15) is 5.82 Å². The number of nitrogens with one attached hydrogen (secondary N) is 2. The molecular weight excluding hydrogens is 409 g/mol. The van der Waals surface area contributed by atoms with Crippen molar-refractivity contribution < 1.29 is 22.4 Å². The predicted molar refractivity (Wildman–Crippen MR) is 111 cm³/mol. The van der Waals surface area contributed by atoms with E-state index < -0.39 is 15.8 Å². The molecule has 0 spiro atoms. The lowest BCUT2D eigenvalue weighted by atomic mass is 10.2. The normalized spacial score (nSPS) is 13.9. The molecule has 0 radical (unpaired) electrons.